The Labute approximate surface area is 183 Å². The number of hydrogen-bond donors (Lipinski definition) is 0. The lowest BCUT2D eigenvalue weighted by atomic mass is 10.1. The second-order valence-corrected chi connectivity index (χ2v) is 8.23. The lowest BCUT2D eigenvalue weighted by Crippen LogP contribution is -2.47. The topological polar surface area (TPSA) is 63.5 Å². The number of halogens is 1. The van der Waals surface area contributed by atoms with Gasteiger partial charge < -0.3 is 14.5 Å². The standard InChI is InChI=1S/C21H22IN5O2/c1-25-9-11-26(12-10-25)21(28)18-13-19(15-3-5-16(22)6-4-15)27(24-18)17-7-8-20(29-2)23-14-17/h3-8,13-14H,9-12H2,1-2H3. The first kappa shape index (κ1) is 19.8. The normalized spacial score (nSPS) is 14.8. The maximum Gasteiger partial charge on any atom is 0.274 e. The number of rotatable bonds is 4. The smallest absolute Gasteiger partial charge is 0.274 e. The molecule has 0 N–H and O–H groups in total. The van der Waals surface area contributed by atoms with E-state index >= 15 is 0 Å². The Bertz CT molecular complexity index is 993. The van der Waals surface area contributed by atoms with Gasteiger partial charge in [-0.1, -0.05) is 12.1 Å². The predicted molar refractivity (Wildman–Crippen MR) is 119 cm³/mol. The van der Waals surface area contributed by atoms with Crippen molar-refractivity contribution in [2.45, 2.75) is 0 Å². The fraction of sp³-hybridized carbons (Fsp3) is 0.286. The second kappa shape index (κ2) is 8.50. The van der Waals surface area contributed by atoms with Gasteiger partial charge in [0.15, 0.2) is 5.69 Å². The van der Waals surface area contributed by atoms with Gasteiger partial charge in [0.05, 0.1) is 24.7 Å². The first-order chi connectivity index (χ1) is 14.0. The van der Waals surface area contributed by atoms with Crippen molar-refractivity contribution in [1.29, 1.82) is 0 Å². The highest BCUT2D eigenvalue weighted by Gasteiger charge is 2.24. The molecule has 150 valence electrons. The van der Waals surface area contributed by atoms with Gasteiger partial charge in [0.1, 0.15) is 0 Å². The van der Waals surface area contributed by atoms with Crippen LogP contribution in [0.3, 0.4) is 0 Å². The number of ether oxygens (including phenoxy) is 1. The molecule has 3 aromatic rings. The van der Waals surface area contributed by atoms with Gasteiger partial charge in [-0.15, -0.1) is 0 Å². The van der Waals surface area contributed by atoms with Crippen molar-refractivity contribution in [3.8, 4) is 22.8 Å². The van der Waals surface area contributed by atoms with Crippen LogP contribution in [-0.4, -0.2) is 70.8 Å². The van der Waals surface area contributed by atoms with Crippen LogP contribution >= 0.6 is 22.6 Å². The monoisotopic (exact) mass is 503 g/mol. The Hall–Kier alpha value is -2.46. The van der Waals surface area contributed by atoms with Gasteiger partial charge in [0, 0.05) is 41.4 Å². The molecule has 0 aliphatic carbocycles. The van der Waals surface area contributed by atoms with E-state index in [1.807, 2.05) is 41.3 Å². The van der Waals surface area contributed by atoms with Crippen LogP contribution in [-0.2, 0) is 0 Å². The lowest BCUT2D eigenvalue weighted by molar-refractivity contribution is 0.0657. The summed E-state index contributed by atoms with van der Waals surface area (Å²) in [6.45, 7) is 3.17. The molecule has 1 aliphatic rings. The molecule has 0 spiro atoms. The van der Waals surface area contributed by atoms with E-state index in [9.17, 15) is 4.79 Å². The molecule has 29 heavy (non-hydrogen) atoms. The van der Waals surface area contributed by atoms with Crippen molar-refractivity contribution in [2.24, 2.45) is 0 Å². The quantitative estimate of drug-likeness (QED) is 0.513. The van der Waals surface area contributed by atoms with Gasteiger partial charge in [0.2, 0.25) is 5.88 Å². The van der Waals surface area contributed by atoms with Crippen LogP contribution in [0, 0.1) is 3.57 Å². The molecular weight excluding hydrogens is 481 g/mol. The molecule has 1 aliphatic heterocycles. The third kappa shape index (κ3) is 4.27. The summed E-state index contributed by atoms with van der Waals surface area (Å²) in [7, 11) is 3.65. The van der Waals surface area contributed by atoms with Crippen LogP contribution in [0.15, 0.2) is 48.7 Å². The number of methoxy groups -OCH3 is 1. The highest BCUT2D eigenvalue weighted by atomic mass is 127. The number of benzene rings is 1. The van der Waals surface area contributed by atoms with Gasteiger partial charge in [-0.25, -0.2) is 9.67 Å². The molecule has 0 bridgehead atoms. The molecule has 0 radical (unpaired) electrons. The molecule has 2 aromatic heterocycles. The zero-order chi connectivity index (χ0) is 20.4. The molecule has 1 amide bonds. The summed E-state index contributed by atoms with van der Waals surface area (Å²) < 4.78 is 8.08. The van der Waals surface area contributed by atoms with Crippen LogP contribution < -0.4 is 4.74 Å². The van der Waals surface area contributed by atoms with Crippen LogP contribution in [0.25, 0.3) is 16.9 Å². The van der Waals surface area contributed by atoms with E-state index in [0.717, 1.165) is 33.6 Å². The zero-order valence-corrected chi connectivity index (χ0v) is 18.5. The van der Waals surface area contributed by atoms with Gasteiger partial charge in [0.25, 0.3) is 5.91 Å². The molecular formula is C21H22IN5O2. The highest BCUT2D eigenvalue weighted by molar-refractivity contribution is 14.1. The Morgan fingerprint density at radius 3 is 2.41 bits per heavy atom. The maximum absolute atomic E-state index is 13.1. The summed E-state index contributed by atoms with van der Waals surface area (Å²) in [5.74, 6) is 0.496. The molecule has 1 saturated heterocycles. The summed E-state index contributed by atoms with van der Waals surface area (Å²) >= 11 is 2.28. The molecule has 1 aromatic carbocycles. The van der Waals surface area contributed by atoms with E-state index in [4.69, 9.17) is 4.74 Å². The molecule has 4 rings (SSSR count). The molecule has 3 heterocycles. The molecule has 0 unspecified atom stereocenters. The van der Waals surface area contributed by atoms with Crippen LogP contribution in [0.5, 0.6) is 5.88 Å². The number of pyridine rings is 1. The number of amides is 1. The highest BCUT2D eigenvalue weighted by Crippen LogP contribution is 2.26. The van der Waals surface area contributed by atoms with Gasteiger partial charge in [-0.2, -0.15) is 5.10 Å². The van der Waals surface area contributed by atoms with E-state index in [0.29, 0.717) is 24.7 Å². The largest absolute Gasteiger partial charge is 0.481 e. The van der Waals surface area contributed by atoms with Crippen LogP contribution in [0.4, 0.5) is 0 Å². The number of carbonyl (C=O) groups is 1. The fourth-order valence-corrected chi connectivity index (χ4v) is 3.66. The Morgan fingerprint density at radius 1 is 1.07 bits per heavy atom. The second-order valence-electron chi connectivity index (χ2n) is 6.99. The number of piperazine rings is 1. The van der Waals surface area contributed by atoms with Crippen molar-refractivity contribution in [3.63, 3.8) is 0 Å². The molecule has 0 atom stereocenters. The van der Waals surface area contributed by atoms with E-state index in [2.05, 4.69) is 44.6 Å². The number of carbonyl (C=O) groups excluding carboxylic acids is 1. The summed E-state index contributed by atoms with van der Waals surface area (Å²) in [6, 6.07) is 13.7. The Morgan fingerprint density at radius 2 is 1.79 bits per heavy atom. The van der Waals surface area contributed by atoms with Crippen molar-refractivity contribution >= 4 is 28.5 Å². The van der Waals surface area contributed by atoms with E-state index in [1.165, 1.54) is 0 Å². The van der Waals surface area contributed by atoms with E-state index in [-0.39, 0.29) is 5.91 Å². The average Bonchev–Trinajstić information content (AvgIpc) is 3.20. The maximum atomic E-state index is 13.1. The van der Waals surface area contributed by atoms with E-state index in [1.54, 1.807) is 24.1 Å². The minimum atomic E-state index is -0.0370. The third-order valence-corrected chi connectivity index (χ3v) is 5.75. The predicted octanol–water partition coefficient (Wildman–Crippen LogP) is 2.94. The minimum absolute atomic E-state index is 0.0370. The van der Waals surface area contributed by atoms with Crippen LogP contribution in [0.2, 0.25) is 0 Å². The zero-order valence-electron chi connectivity index (χ0n) is 16.4. The third-order valence-electron chi connectivity index (χ3n) is 5.03. The minimum Gasteiger partial charge on any atom is -0.481 e. The number of nitrogens with zero attached hydrogens (tertiary/aromatic N) is 5. The van der Waals surface area contributed by atoms with E-state index < -0.39 is 0 Å². The van der Waals surface area contributed by atoms with Gasteiger partial charge in [-0.05, 0) is 53.9 Å². The number of hydrogen-bond acceptors (Lipinski definition) is 5. The summed E-state index contributed by atoms with van der Waals surface area (Å²) in [4.78, 5) is 21.5. The first-order valence-electron chi connectivity index (χ1n) is 9.39. The Kier molecular flexibility index (Phi) is 5.81. The van der Waals surface area contributed by atoms with Crippen LogP contribution in [0.1, 0.15) is 10.5 Å². The average molecular weight is 503 g/mol. The summed E-state index contributed by atoms with van der Waals surface area (Å²) in [5.41, 5.74) is 3.06. The summed E-state index contributed by atoms with van der Waals surface area (Å²) in [6.07, 6.45) is 1.70. The SMILES string of the molecule is COc1ccc(-n2nc(C(=O)N3CCN(C)CC3)cc2-c2ccc(I)cc2)cn1. The fourth-order valence-electron chi connectivity index (χ4n) is 3.30. The molecule has 8 heteroatoms. The molecule has 0 saturated carbocycles. The van der Waals surface area contributed by atoms with Crippen molar-refractivity contribution in [2.75, 3.05) is 40.3 Å². The Balaban J connectivity index is 1.73. The number of likely N-dealkylation sites (N-methyl/N-ethyl adjacent to an activating group) is 1. The van der Waals surface area contributed by atoms with Gasteiger partial charge in [-0.3, -0.25) is 4.79 Å². The molecule has 1 fully saturated rings. The van der Waals surface area contributed by atoms with Crippen molar-refractivity contribution < 1.29 is 9.53 Å². The molecule has 7 nitrogen and oxygen atoms in total. The summed E-state index contributed by atoms with van der Waals surface area (Å²) in [5, 5.41) is 4.66. The lowest BCUT2D eigenvalue weighted by Gasteiger charge is -2.31. The van der Waals surface area contributed by atoms with Gasteiger partial charge >= 0.3 is 0 Å². The van der Waals surface area contributed by atoms with Crippen molar-refractivity contribution in [1.82, 2.24) is 24.6 Å². The van der Waals surface area contributed by atoms with Crippen molar-refractivity contribution in [3.05, 3.63) is 57.9 Å². The number of aromatic nitrogens is 3. The first-order valence-corrected chi connectivity index (χ1v) is 10.5.